The molecule has 0 unspecified atom stereocenters. The summed E-state index contributed by atoms with van der Waals surface area (Å²) in [5, 5.41) is 0. The third-order valence-electron chi connectivity index (χ3n) is 3.65. The molecule has 2 amide bonds. The first-order chi connectivity index (χ1) is 11.1. The van der Waals surface area contributed by atoms with E-state index >= 15 is 0 Å². The van der Waals surface area contributed by atoms with Crippen LogP contribution in [-0.2, 0) is 20.9 Å². The quantitative estimate of drug-likeness (QED) is 0.773. The number of hydrogen-bond donors (Lipinski definition) is 1. The lowest BCUT2D eigenvalue weighted by Crippen LogP contribution is -2.45. The van der Waals surface area contributed by atoms with Crippen molar-refractivity contribution in [2.45, 2.75) is 51.8 Å². The molecule has 0 radical (unpaired) electrons. The Labute approximate surface area is 149 Å². The zero-order chi connectivity index (χ0) is 18.1. The maximum Gasteiger partial charge on any atom is 0.306 e. The second-order valence-electron chi connectivity index (χ2n) is 6.78. The van der Waals surface area contributed by atoms with Crippen LogP contribution >= 0.6 is 15.9 Å². The van der Waals surface area contributed by atoms with Gasteiger partial charge in [0.1, 0.15) is 11.6 Å². The van der Waals surface area contributed by atoms with Crippen molar-refractivity contribution in [2.75, 3.05) is 0 Å². The van der Waals surface area contributed by atoms with Crippen LogP contribution in [0.5, 0.6) is 0 Å². The number of primary amides is 1. The summed E-state index contributed by atoms with van der Waals surface area (Å²) >= 11 is 3.37. The molecule has 1 heterocycles. The fourth-order valence-corrected chi connectivity index (χ4v) is 3.07. The van der Waals surface area contributed by atoms with E-state index in [1.807, 2.05) is 6.07 Å². The van der Waals surface area contributed by atoms with Crippen molar-refractivity contribution in [3.8, 4) is 0 Å². The van der Waals surface area contributed by atoms with Gasteiger partial charge in [-0.15, -0.1) is 0 Å². The van der Waals surface area contributed by atoms with E-state index in [0.29, 0.717) is 12.1 Å². The van der Waals surface area contributed by atoms with E-state index in [9.17, 15) is 14.4 Å². The second kappa shape index (κ2) is 6.93. The Morgan fingerprint density at radius 3 is 2.62 bits per heavy atom. The number of benzene rings is 1. The number of ether oxygens (including phenoxy) is 1. The van der Waals surface area contributed by atoms with Crippen LogP contribution in [0.15, 0.2) is 22.7 Å². The van der Waals surface area contributed by atoms with E-state index in [1.54, 1.807) is 32.9 Å². The van der Waals surface area contributed by atoms with Crippen molar-refractivity contribution in [3.05, 3.63) is 33.8 Å². The van der Waals surface area contributed by atoms with E-state index in [-0.39, 0.29) is 18.7 Å². The minimum atomic E-state index is -0.837. The molecule has 6 nitrogen and oxygen atoms in total. The highest BCUT2D eigenvalue weighted by atomic mass is 79.9. The van der Waals surface area contributed by atoms with Crippen molar-refractivity contribution in [3.63, 3.8) is 0 Å². The maximum absolute atomic E-state index is 12.5. The van der Waals surface area contributed by atoms with Gasteiger partial charge < -0.3 is 15.4 Å². The Bertz CT molecular complexity index is 682. The van der Waals surface area contributed by atoms with Crippen molar-refractivity contribution < 1.29 is 19.1 Å². The molecule has 1 atom stereocenters. The first-order valence-corrected chi connectivity index (χ1v) is 8.48. The summed E-state index contributed by atoms with van der Waals surface area (Å²) in [6.07, 6.45) is 0.167. The van der Waals surface area contributed by atoms with Gasteiger partial charge in [-0.3, -0.25) is 14.4 Å². The van der Waals surface area contributed by atoms with E-state index in [2.05, 4.69) is 15.9 Å². The third kappa shape index (κ3) is 4.35. The highest BCUT2D eigenvalue weighted by Gasteiger charge is 2.35. The molecule has 0 bridgehead atoms. The molecular weight excluding hydrogens is 376 g/mol. The number of carbonyl (C=O) groups is 3. The number of nitrogens with zero attached hydrogens (tertiary/aromatic N) is 1. The first-order valence-electron chi connectivity index (χ1n) is 7.69. The first kappa shape index (κ1) is 18.4. The fourth-order valence-electron chi connectivity index (χ4n) is 2.66. The van der Waals surface area contributed by atoms with Gasteiger partial charge in [-0.2, -0.15) is 0 Å². The Hall–Kier alpha value is -1.89. The number of esters is 1. The van der Waals surface area contributed by atoms with Crippen LogP contribution in [0.3, 0.4) is 0 Å². The Balaban J connectivity index is 2.08. The molecule has 0 aliphatic carbocycles. The van der Waals surface area contributed by atoms with Crippen LogP contribution in [0.4, 0.5) is 0 Å². The molecule has 1 aliphatic heterocycles. The normalized spacial score (nSPS) is 15.2. The van der Waals surface area contributed by atoms with E-state index in [1.165, 1.54) is 4.90 Å². The van der Waals surface area contributed by atoms with E-state index in [0.717, 1.165) is 10.0 Å². The molecular formula is C17H21BrN2O4. The van der Waals surface area contributed by atoms with Crippen LogP contribution in [0, 0.1) is 0 Å². The zero-order valence-electron chi connectivity index (χ0n) is 14.0. The summed E-state index contributed by atoms with van der Waals surface area (Å²) in [7, 11) is 0. The Morgan fingerprint density at radius 1 is 1.38 bits per heavy atom. The van der Waals surface area contributed by atoms with Gasteiger partial charge in [-0.1, -0.05) is 15.9 Å². The monoisotopic (exact) mass is 396 g/mol. The van der Waals surface area contributed by atoms with Gasteiger partial charge in [0, 0.05) is 23.0 Å². The fraction of sp³-hybridized carbons (Fsp3) is 0.471. The van der Waals surface area contributed by atoms with Crippen LogP contribution in [0.1, 0.15) is 49.5 Å². The summed E-state index contributed by atoms with van der Waals surface area (Å²) < 4.78 is 6.10. The third-order valence-corrected chi connectivity index (χ3v) is 4.14. The average molecular weight is 397 g/mol. The molecule has 2 rings (SSSR count). The molecule has 1 aromatic rings. The molecule has 24 heavy (non-hydrogen) atoms. The summed E-state index contributed by atoms with van der Waals surface area (Å²) in [6, 6.07) is 4.50. The number of hydrogen-bond acceptors (Lipinski definition) is 4. The SMILES string of the molecule is CC(C)(C)OC(=O)CC[C@@H](C(N)=O)N1Cc2cc(Br)ccc2C1=O. The minimum Gasteiger partial charge on any atom is -0.460 e. The molecule has 2 N–H and O–H groups in total. The lowest BCUT2D eigenvalue weighted by Gasteiger charge is -2.25. The standard InChI is InChI=1S/C17H21BrN2O4/c1-17(2,3)24-14(21)7-6-13(15(19)22)20-9-10-8-11(18)4-5-12(10)16(20)23/h4-5,8,13H,6-7,9H2,1-3H3,(H2,19,22)/t13-/m0/s1. The number of halogens is 1. The molecule has 0 saturated carbocycles. The lowest BCUT2D eigenvalue weighted by atomic mass is 10.1. The van der Waals surface area contributed by atoms with Crippen LogP contribution in [-0.4, -0.2) is 34.3 Å². The summed E-state index contributed by atoms with van der Waals surface area (Å²) in [5.74, 6) is -1.29. The average Bonchev–Trinajstić information content (AvgIpc) is 2.73. The number of rotatable bonds is 5. The lowest BCUT2D eigenvalue weighted by molar-refractivity contribution is -0.155. The highest BCUT2D eigenvalue weighted by Crippen LogP contribution is 2.28. The zero-order valence-corrected chi connectivity index (χ0v) is 15.6. The predicted octanol–water partition coefficient (Wildman–Crippen LogP) is 2.38. The van der Waals surface area contributed by atoms with Crippen molar-refractivity contribution >= 4 is 33.7 Å². The van der Waals surface area contributed by atoms with Gasteiger partial charge in [0.15, 0.2) is 0 Å². The van der Waals surface area contributed by atoms with Gasteiger partial charge >= 0.3 is 5.97 Å². The van der Waals surface area contributed by atoms with Crippen molar-refractivity contribution in [1.29, 1.82) is 0 Å². The van der Waals surface area contributed by atoms with Crippen LogP contribution in [0.2, 0.25) is 0 Å². The molecule has 0 fully saturated rings. The van der Waals surface area contributed by atoms with Gasteiger partial charge in [0.2, 0.25) is 5.91 Å². The minimum absolute atomic E-state index is 0.0225. The van der Waals surface area contributed by atoms with E-state index in [4.69, 9.17) is 10.5 Å². The highest BCUT2D eigenvalue weighted by molar-refractivity contribution is 9.10. The topological polar surface area (TPSA) is 89.7 Å². The number of carbonyl (C=O) groups excluding carboxylic acids is 3. The smallest absolute Gasteiger partial charge is 0.306 e. The van der Waals surface area contributed by atoms with Crippen LogP contribution in [0.25, 0.3) is 0 Å². The number of fused-ring (bicyclic) bond motifs is 1. The molecule has 0 aromatic heterocycles. The number of amides is 2. The number of nitrogens with two attached hydrogens (primary N) is 1. The molecule has 1 aromatic carbocycles. The van der Waals surface area contributed by atoms with Gasteiger partial charge in [0.05, 0.1) is 0 Å². The van der Waals surface area contributed by atoms with Gasteiger partial charge in [0.25, 0.3) is 5.91 Å². The largest absolute Gasteiger partial charge is 0.460 e. The molecule has 0 saturated heterocycles. The molecule has 0 spiro atoms. The Kier molecular flexibility index (Phi) is 5.32. The molecule has 7 heteroatoms. The molecule has 1 aliphatic rings. The predicted molar refractivity (Wildman–Crippen MR) is 92.1 cm³/mol. The summed E-state index contributed by atoms with van der Waals surface area (Å²) in [6.45, 7) is 5.62. The maximum atomic E-state index is 12.5. The van der Waals surface area contributed by atoms with E-state index < -0.39 is 23.5 Å². The summed E-state index contributed by atoms with van der Waals surface area (Å²) in [5.41, 5.74) is 6.26. The van der Waals surface area contributed by atoms with Gasteiger partial charge in [-0.25, -0.2) is 0 Å². The van der Waals surface area contributed by atoms with Crippen LogP contribution < -0.4 is 5.73 Å². The Morgan fingerprint density at radius 2 is 2.04 bits per heavy atom. The summed E-state index contributed by atoms with van der Waals surface area (Å²) in [4.78, 5) is 37.6. The van der Waals surface area contributed by atoms with Gasteiger partial charge in [-0.05, 0) is 51.0 Å². The van der Waals surface area contributed by atoms with Crippen molar-refractivity contribution in [2.24, 2.45) is 5.73 Å². The van der Waals surface area contributed by atoms with Crippen molar-refractivity contribution in [1.82, 2.24) is 4.90 Å². The molecule has 130 valence electrons. The second-order valence-corrected chi connectivity index (χ2v) is 7.69.